The van der Waals surface area contributed by atoms with Crippen molar-refractivity contribution in [1.82, 2.24) is 0 Å². The molecule has 66 valence electrons. The Morgan fingerprint density at radius 2 is 2.00 bits per heavy atom. The molecule has 0 aliphatic rings. The van der Waals surface area contributed by atoms with Crippen molar-refractivity contribution in [3.8, 4) is 0 Å². The fraction of sp³-hybridized carbons (Fsp3) is 0.333. The SMILES string of the molecule is C=C(Br)C=NC(=C)C(C)(C)C=O. The zero-order valence-corrected chi connectivity index (χ0v) is 8.89. The number of halogens is 1. The molecule has 0 aliphatic heterocycles. The zero-order chi connectivity index (χ0) is 9.78. The highest BCUT2D eigenvalue weighted by Crippen LogP contribution is 2.22. The van der Waals surface area contributed by atoms with Gasteiger partial charge in [-0.2, -0.15) is 0 Å². The summed E-state index contributed by atoms with van der Waals surface area (Å²) in [7, 11) is 0. The van der Waals surface area contributed by atoms with E-state index in [9.17, 15) is 4.79 Å². The van der Waals surface area contributed by atoms with E-state index >= 15 is 0 Å². The smallest absolute Gasteiger partial charge is 0.131 e. The molecule has 0 aliphatic carbocycles. The number of hydrogen-bond acceptors (Lipinski definition) is 2. The van der Waals surface area contributed by atoms with E-state index in [0.717, 1.165) is 6.29 Å². The maximum atomic E-state index is 10.5. The van der Waals surface area contributed by atoms with Crippen molar-refractivity contribution in [2.45, 2.75) is 13.8 Å². The summed E-state index contributed by atoms with van der Waals surface area (Å²) in [5, 5.41) is 0. The predicted molar refractivity (Wildman–Crippen MR) is 55.5 cm³/mol. The van der Waals surface area contributed by atoms with Crippen LogP contribution in [0.1, 0.15) is 13.8 Å². The summed E-state index contributed by atoms with van der Waals surface area (Å²) >= 11 is 3.12. The molecule has 0 spiro atoms. The molecule has 0 aromatic rings. The first kappa shape index (κ1) is 11.3. The molecule has 3 heteroatoms. The third kappa shape index (κ3) is 3.62. The van der Waals surface area contributed by atoms with Gasteiger partial charge in [-0.1, -0.05) is 13.2 Å². The Bertz CT molecular complexity index is 241. The Labute approximate surface area is 81.2 Å². The average molecular weight is 230 g/mol. The van der Waals surface area contributed by atoms with Crippen LogP contribution in [0, 0.1) is 5.41 Å². The van der Waals surface area contributed by atoms with Crippen LogP contribution in [-0.4, -0.2) is 12.5 Å². The highest BCUT2D eigenvalue weighted by Gasteiger charge is 2.19. The minimum Gasteiger partial charge on any atom is -0.302 e. The predicted octanol–water partition coefficient (Wildman–Crippen LogP) is 2.70. The number of allylic oxidation sites excluding steroid dienone is 2. The molecule has 0 N–H and O–H groups in total. The van der Waals surface area contributed by atoms with Gasteiger partial charge in [-0.15, -0.1) is 0 Å². The van der Waals surface area contributed by atoms with Crippen molar-refractivity contribution in [2.24, 2.45) is 10.4 Å². The normalized spacial score (nSPS) is 11.6. The maximum Gasteiger partial charge on any atom is 0.131 e. The second-order valence-corrected chi connectivity index (χ2v) is 4.01. The molecule has 0 bridgehead atoms. The minimum atomic E-state index is -0.598. The van der Waals surface area contributed by atoms with Gasteiger partial charge in [-0.3, -0.25) is 4.99 Å². The molecule has 0 radical (unpaired) electrons. The molecule has 0 unspecified atom stereocenters. The van der Waals surface area contributed by atoms with Crippen molar-refractivity contribution in [3.63, 3.8) is 0 Å². The summed E-state index contributed by atoms with van der Waals surface area (Å²) in [5.74, 6) is 0. The van der Waals surface area contributed by atoms with Crippen LogP contribution in [0.5, 0.6) is 0 Å². The van der Waals surface area contributed by atoms with Gasteiger partial charge in [0, 0.05) is 16.4 Å². The first-order valence-corrected chi connectivity index (χ1v) is 4.23. The van der Waals surface area contributed by atoms with Gasteiger partial charge >= 0.3 is 0 Å². The third-order valence-electron chi connectivity index (χ3n) is 1.40. The Hall–Kier alpha value is -0.700. The average Bonchev–Trinajstić information content (AvgIpc) is 2.00. The molecule has 0 fully saturated rings. The lowest BCUT2D eigenvalue weighted by Gasteiger charge is -2.15. The monoisotopic (exact) mass is 229 g/mol. The highest BCUT2D eigenvalue weighted by atomic mass is 79.9. The molecule has 2 nitrogen and oxygen atoms in total. The number of rotatable bonds is 4. The van der Waals surface area contributed by atoms with Crippen molar-refractivity contribution >= 4 is 28.4 Å². The van der Waals surface area contributed by atoms with E-state index in [4.69, 9.17) is 0 Å². The van der Waals surface area contributed by atoms with E-state index in [2.05, 4.69) is 34.1 Å². The van der Waals surface area contributed by atoms with Gasteiger partial charge in [0.2, 0.25) is 0 Å². The molecule has 0 heterocycles. The topological polar surface area (TPSA) is 29.4 Å². The Morgan fingerprint density at radius 3 is 2.33 bits per heavy atom. The van der Waals surface area contributed by atoms with Gasteiger partial charge in [-0.05, 0) is 29.8 Å². The van der Waals surface area contributed by atoms with Gasteiger partial charge in [0.25, 0.3) is 0 Å². The Balaban J connectivity index is 4.42. The molecular formula is C9H12BrNO. The van der Waals surface area contributed by atoms with Crippen LogP contribution in [0.3, 0.4) is 0 Å². The van der Waals surface area contributed by atoms with Crippen LogP contribution in [0.25, 0.3) is 0 Å². The molecule has 0 aromatic carbocycles. The van der Waals surface area contributed by atoms with Crippen molar-refractivity contribution in [2.75, 3.05) is 0 Å². The second kappa shape index (κ2) is 4.36. The number of hydrogen-bond donors (Lipinski definition) is 0. The lowest BCUT2D eigenvalue weighted by molar-refractivity contribution is -0.113. The van der Waals surface area contributed by atoms with Gasteiger partial charge < -0.3 is 4.79 Å². The van der Waals surface area contributed by atoms with Crippen molar-refractivity contribution < 1.29 is 4.79 Å². The van der Waals surface area contributed by atoms with Gasteiger partial charge in [-0.25, -0.2) is 0 Å². The van der Waals surface area contributed by atoms with Crippen LogP contribution in [0.15, 0.2) is 28.3 Å². The summed E-state index contributed by atoms with van der Waals surface area (Å²) in [5.41, 5.74) is -0.0722. The van der Waals surface area contributed by atoms with E-state index in [1.165, 1.54) is 6.21 Å². The molecule has 0 amide bonds. The third-order valence-corrected chi connectivity index (χ3v) is 1.60. The summed E-state index contributed by atoms with van der Waals surface area (Å²) in [6.07, 6.45) is 2.34. The van der Waals surface area contributed by atoms with E-state index in [0.29, 0.717) is 10.2 Å². The minimum absolute atomic E-state index is 0.526. The molecule has 0 aromatic heterocycles. The summed E-state index contributed by atoms with van der Waals surface area (Å²) < 4.78 is 0.658. The lowest BCUT2D eigenvalue weighted by Crippen LogP contribution is -2.14. The lowest BCUT2D eigenvalue weighted by atomic mass is 9.92. The quantitative estimate of drug-likeness (QED) is 0.539. The van der Waals surface area contributed by atoms with E-state index < -0.39 is 5.41 Å². The molecule has 12 heavy (non-hydrogen) atoms. The Kier molecular flexibility index (Phi) is 4.10. The van der Waals surface area contributed by atoms with Crippen LogP contribution in [-0.2, 0) is 4.79 Å². The van der Waals surface area contributed by atoms with Gasteiger partial charge in [0.05, 0.1) is 5.41 Å². The molecule has 0 saturated heterocycles. The van der Waals surface area contributed by atoms with Crippen molar-refractivity contribution in [1.29, 1.82) is 0 Å². The number of aliphatic imine (C=N–C) groups is 1. The fourth-order valence-electron chi connectivity index (χ4n) is 0.382. The van der Waals surface area contributed by atoms with Gasteiger partial charge in [0.1, 0.15) is 6.29 Å². The molecule has 0 rings (SSSR count). The Morgan fingerprint density at radius 1 is 1.50 bits per heavy atom. The molecule has 0 atom stereocenters. The van der Waals surface area contributed by atoms with Crippen LogP contribution >= 0.6 is 15.9 Å². The first-order valence-electron chi connectivity index (χ1n) is 3.44. The van der Waals surface area contributed by atoms with Crippen LogP contribution in [0.4, 0.5) is 0 Å². The number of aldehydes is 1. The summed E-state index contributed by atoms with van der Waals surface area (Å²) in [6, 6.07) is 0. The largest absolute Gasteiger partial charge is 0.302 e. The van der Waals surface area contributed by atoms with Crippen LogP contribution < -0.4 is 0 Å². The molecule has 0 saturated carbocycles. The first-order chi connectivity index (χ1) is 5.40. The fourth-order valence-corrected chi connectivity index (χ4v) is 0.485. The maximum absolute atomic E-state index is 10.5. The van der Waals surface area contributed by atoms with Crippen molar-refractivity contribution in [3.05, 3.63) is 23.3 Å². The zero-order valence-electron chi connectivity index (χ0n) is 7.30. The number of nitrogens with zero attached hydrogens (tertiary/aromatic N) is 1. The van der Waals surface area contributed by atoms with E-state index in [1.54, 1.807) is 13.8 Å². The van der Waals surface area contributed by atoms with Crippen LogP contribution in [0.2, 0.25) is 0 Å². The van der Waals surface area contributed by atoms with E-state index in [1.807, 2.05) is 0 Å². The number of carbonyl (C=O) groups excluding carboxylic acids is 1. The number of carbonyl (C=O) groups is 1. The second-order valence-electron chi connectivity index (χ2n) is 2.99. The van der Waals surface area contributed by atoms with E-state index in [-0.39, 0.29) is 0 Å². The highest BCUT2D eigenvalue weighted by molar-refractivity contribution is 9.12. The summed E-state index contributed by atoms with van der Waals surface area (Å²) in [4.78, 5) is 14.5. The van der Waals surface area contributed by atoms with Gasteiger partial charge in [0.15, 0.2) is 0 Å². The summed E-state index contributed by atoms with van der Waals surface area (Å²) in [6.45, 7) is 10.8. The standard InChI is InChI=1S/C9H12BrNO/c1-7(10)5-11-8(2)9(3,4)6-12/h5-6H,1-2H2,3-4H3. The molecular weight excluding hydrogens is 218 g/mol.